The fourth-order valence-electron chi connectivity index (χ4n) is 2.42. The first-order chi connectivity index (χ1) is 11.9. The molecule has 132 valence electrons. The van der Waals surface area contributed by atoms with Gasteiger partial charge in [-0.15, -0.1) is 11.8 Å². The number of hydrogen-bond acceptors (Lipinski definition) is 6. The summed E-state index contributed by atoms with van der Waals surface area (Å²) in [6, 6.07) is 7.18. The molecule has 1 aliphatic heterocycles. The Morgan fingerprint density at radius 3 is 2.92 bits per heavy atom. The first-order valence-electron chi connectivity index (χ1n) is 7.98. The predicted molar refractivity (Wildman–Crippen MR) is 94.8 cm³/mol. The summed E-state index contributed by atoms with van der Waals surface area (Å²) in [5.74, 6) is 0.950. The molecule has 0 aliphatic carbocycles. The van der Waals surface area contributed by atoms with Crippen molar-refractivity contribution in [2.24, 2.45) is 0 Å². The number of thioether (sulfide) groups is 1. The fraction of sp³-hybridized carbons (Fsp3) is 0.412. The van der Waals surface area contributed by atoms with Gasteiger partial charge in [-0.05, 0) is 26.3 Å². The van der Waals surface area contributed by atoms with E-state index in [2.05, 4.69) is 20.8 Å². The molecule has 1 aromatic heterocycles. The van der Waals surface area contributed by atoms with Crippen LogP contribution in [0.2, 0.25) is 0 Å². The van der Waals surface area contributed by atoms with E-state index in [-0.39, 0.29) is 18.4 Å². The van der Waals surface area contributed by atoms with Crippen LogP contribution in [-0.4, -0.2) is 38.5 Å². The number of benzene rings is 1. The normalized spacial score (nSPS) is 19.3. The number of nitrogens with zero attached hydrogens (tertiary/aromatic N) is 2. The summed E-state index contributed by atoms with van der Waals surface area (Å²) in [7, 11) is 0. The van der Waals surface area contributed by atoms with Crippen LogP contribution in [-0.2, 0) is 16.1 Å². The van der Waals surface area contributed by atoms with Crippen LogP contribution in [0.15, 0.2) is 28.8 Å². The van der Waals surface area contributed by atoms with Gasteiger partial charge in [0.25, 0.3) is 0 Å². The standard InChI is InChI=1S/C17H20N4O3S/c1-10-6-4-5-7-11(10)14-20-13(24-21-14)8-18-15(22)12-9-25-17(2,3)16(23)19-12/h4-7,12H,8-9H2,1-3H3,(H,18,22)(H,19,23)/t12-/m0/s1. The maximum Gasteiger partial charge on any atom is 0.246 e. The molecule has 0 spiro atoms. The molecule has 2 amide bonds. The molecule has 7 nitrogen and oxygen atoms in total. The molecule has 1 aliphatic rings. The Balaban J connectivity index is 1.59. The van der Waals surface area contributed by atoms with Crippen molar-refractivity contribution < 1.29 is 14.1 Å². The van der Waals surface area contributed by atoms with Crippen molar-refractivity contribution in [3.05, 3.63) is 35.7 Å². The molecule has 0 saturated carbocycles. The van der Waals surface area contributed by atoms with Crippen LogP contribution >= 0.6 is 11.8 Å². The van der Waals surface area contributed by atoms with Gasteiger partial charge in [0.1, 0.15) is 6.04 Å². The Hall–Kier alpha value is -2.35. The van der Waals surface area contributed by atoms with Gasteiger partial charge in [-0.2, -0.15) is 4.98 Å². The van der Waals surface area contributed by atoms with Crippen LogP contribution in [0.4, 0.5) is 0 Å². The molecule has 25 heavy (non-hydrogen) atoms. The first kappa shape index (κ1) is 17.5. The topological polar surface area (TPSA) is 97.1 Å². The maximum absolute atomic E-state index is 12.2. The van der Waals surface area contributed by atoms with Crippen LogP contribution in [0.5, 0.6) is 0 Å². The number of aromatic nitrogens is 2. The van der Waals surface area contributed by atoms with Gasteiger partial charge in [0.2, 0.25) is 23.5 Å². The average Bonchev–Trinajstić information content (AvgIpc) is 3.04. The minimum Gasteiger partial charge on any atom is -0.345 e. The van der Waals surface area contributed by atoms with Crippen molar-refractivity contribution in [2.75, 3.05) is 5.75 Å². The van der Waals surface area contributed by atoms with Crippen LogP contribution in [0.1, 0.15) is 25.3 Å². The SMILES string of the molecule is Cc1ccccc1-c1noc(CNC(=O)[C@@H]2CSC(C)(C)C(=O)N2)n1. The van der Waals surface area contributed by atoms with E-state index in [9.17, 15) is 9.59 Å². The summed E-state index contributed by atoms with van der Waals surface area (Å²) in [4.78, 5) is 28.5. The van der Waals surface area contributed by atoms with E-state index < -0.39 is 10.8 Å². The lowest BCUT2D eigenvalue weighted by molar-refractivity contribution is -0.129. The molecular formula is C17H20N4O3S. The molecule has 8 heteroatoms. The van der Waals surface area contributed by atoms with E-state index in [0.717, 1.165) is 11.1 Å². The molecule has 2 heterocycles. The third kappa shape index (κ3) is 3.84. The molecule has 0 radical (unpaired) electrons. The van der Waals surface area contributed by atoms with Crippen molar-refractivity contribution in [2.45, 2.75) is 38.1 Å². The Labute approximate surface area is 149 Å². The van der Waals surface area contributed by atoms with E-state index in [4.69, 9.17) is 4.52 Å². The Morgan fingerprint density at radius 2 is 2.20 bits per heavy atom. The van der Waals surface area contributed by atoms with Crippen molar-refractivity contribution in [1.29, 1.82) is 0 Å². The molecule has 1 aromatic carbocycles. The summed E-state index contributed by atoms with van der Waals surface area (Å²) >= 11 is 1.47. The Morgan fingerprint density at radius 1 is 1.44 bits per heavy atom. The van der Waals surface area contributed by atoms with Crippen LogP contribution in [0.3, 0.4) is 0 Å². The summed E-state index contributed by atoms with van der Waals surface area (Å²) in [6.45, 7) is 5.77. The molecule has 1 saturated heterocycles. The predicted octanol–water partition coefficient (Wildman–Crippen LogP) is 1.67. The third-order valence-corrected chi connectivity index (χ3v) is 5.45. The second-order valence-corrected chi connectivity index (χ2v) is 8.03. The number of carbonyl (C=O) groups is 2. The molecular weight excluding hydrogens is 340 g/mol. The summed E-state index contributed by atoms with van der Waals surface area (Å²) in [6.07, 6.45) is 0. The smallest absolute Gasteiger partial charge is 0.246 e. The molecule has 3 rings (SSSR count). The van der Waals surface area contributed by atoms with Crippen molar-refractivity contribution in [1.82, 2.24) is 20.8 Å². The number of rotatable bonds is 4. The molecule has 2 aromatic rings. The van der Waals surface area contributed by atoms with E-state index in [1.165, 1.54) is 11.8 Å². The zero-order valence-corrected chi connectivity index (χ0v) is 15.1. The Kier molecular flexibility index (Phi) is 4.80. The second kappa shape index (κ2) is 6.87. The molecule has 1 fully saturated rings. The van der Waals surface area contributed by atoms with Gasteiger partial charge in [-0.3, -0.25) is 9.59 Å². The minimum atomic E-state index is -0.552. The lowest BCUT2D eigenvalue weighted by atomic mass is 10.1. The monoisotopic (exact) mass is 360 g/mol. The number of amides is 2. The second-order valence-electron chi connectivity index (χ2n) is 6.39. The number of carbonyl (C=O) groups excluding carboxylic acids is 2. The zero-order valence-electron chi connectivity index (χ0n) is 14.3. The highest BCUT2D eigenvalue weighted by atomic mass is 32.2. The van der Waals surface area contributed by atoms with Gasteiger partial charge in [0.15, 0.2) is 0 Å². The lowest BCUT2D eigenvalue weighted by Gasteiger charge is -2.32. The van der Waals surface area contributed by atoms with E-state index >= 15 is 0 Å². The van der Waals surface area contributed by atoms with Gasteiger partial charge >= 0.3 is 0 Å². The first-order valence-corrected chi connectivity index (χ1v) is 8.96. The fourth-order valence-corrected chi connectivity index (χ4v) is 3.43. The van der Waals surface area contributed by atoms with Crippen molar-refractivity contribution in [3.63, 3.8) is 0 Å². The van der Waals surface area contributed by atoms with E-state index in [1.807, 2.05) is 45.0 Å². The largest absolute Gasteiger partial charge is 0.345 e. The van der Waals surface area contributed by atoms with Gasteiger partial charge in [-0.1, -0.05) is 29.4 Å². The quantitative estimate of drug-likeness (QED) is 0.861. The van der Waals surface area contributed by atoms with Crippen molar-refractivity contribution in [3.8, 4) is 11.4 Å². The van der Waals surface area contributed by atoms with Gasteiger partial charge < -0.3 is 15.2 Å². The van der Waals surface area contributed by atoms with Gasteiger partial charge in [0, 0.05) is 11.3 Å². The van der Waals surface area contributed by atoms with Crippen LogP contribution < -0.4 is 10.6 Å². The highest BCUT2D eigenvalue weighted by Gasteiger charge is 2.37. The highest BCUT2D eigenvalue weighted by molar-refractivity contribution is 8.01. The zero-order chi connectivity index (χ0) is 18.0. The van der Waals surface area contributed by atoms with Crippen LogP contribution in [0, 0.1) is 6.92 Å². The summed E-state index contributed by atoms with van der Waals surface area (Å²) < 4.78 is 4.69. The van der Waals surface area contributed by atoms with E-state index in [0.29, 0.717) is 17.5 Å². The van der Waals surface area contributed by atoms with Gasteiger partial charge in [0.05, 0.1) is 11.3 Å². The van der Waals surface area contributed by atoms with Crippen LogP contribution in [0.25, 0.3) is 11.4 Å². The Bertz CT molecular complexity index is 803. The summed E-state index contributed by atoms with van der Waals surface area (Å²) in [5, 5.41) is 9.43. The average molecular weight is 360 g/mol. The molecule has 0 bridgehead atoms. The minimum absolute atomic E-state index is 0.123. The highest BCUT2D eigenvalue weighted by Crippen LogP contribution is 2.29. The molecule has 1 atom stereocenters. The third-order valence-electron chi connectivity index (χ3n) is 4.05. The van der Waals surface area contributed by atoms with Gasteiger partial charge in [-0.25, -0.2) is 0 Å². The van der Waals surface area contributed by atoms with E-state index in [1.54, 1.807) is 0 Å². The molecule has 0 unspecified atom stereocenters. The summed E-state index contributed by atoms with van der Waals surface area (Å²) in [5.41, 5.74) is 1.94. The maximum atomic E-state index is 12.2. The lowest BCUT2D eigenvalue weighted by Crippen LogP contribution is -2.57. The number of hydrogen-bond donors (Lipinski definition) is 2. The van der Waals surface area contributed by atoms with Crippen molar-refractivity contribution >= 4 is 23.6 Å². The number of nitrogens with one attached hydrogen (secondary N) is 2. The molecule has 2 N–H and O–H groups in total. The number of aryl methyl sites for hydroxylation is 1.